The summed E-state index contributed by atoms with van der Waals surface area (Å²) < 4.78 is 11.2. The number of carbonyl (C=O) groups is 1. The number of aromatic carboxylic acids is 1. The third-order valence-corrected chi connectivity index (χ3v) is 3.39. The molecule has 7 heteroatoms. The van der Waals surface area contributed by atoms with Gasteiger partial charge in [-0.3, -0.25) is 4.21 Å². The van der Waals surface area contributed by atoms with Gasteiger partial charge >= 0.3 is 5.97 Å². The van der Waals surface area contributed by atoms with Crippen LogP contribution in [0, 0.1) is 0 Å². The molecular weight excluding hydrogens is 242 g/mol. The summed E-state index contributed by atoms with van der Waals surface area (Å²) in [5.41, 5.74) is 5.95. The predicted octanol–water partition coefficient (Wildman–Crippen LogP) is 0.543. The maximum absolute atomic E-state index is 11.2. The van der Waals surface area contributed by atoms with Crippen LogP contribution in [0.5, 0.6) is 0 Å². The quantitative estimate of drug-likeness (QED) is 0.687. The van der Waals surface area contributed by atoms with Gasteiger partial charge in [0.05, 0.1) is 5.69 Å². The fourth-order valence-corrected chi connectivity index (χ4v) is 1.78. The van der Waals surface area contributed by atoms with E-state index in [9.17, 15) is 9.00 Å². The molecule has 0 saturated carbocycles. The zero-order valence-corrected chi connectivity index (χ0v) is 10.3. The first-order valence-electron chi connectivity index (χ1n) is 5.13. The second kappa shape index (κ2) is 6.19. The Morgan fingerprint density at radius 3 is 2.88 bits per heavy atom. The second-order valence-corrected chi connectivity index (χ2v) is 5.16. The van der Waals surface area contributed by atoms with Gasteiger partial charge in [0, 0.05) is 28.9 Å². The van der Waals surface area contributed by atoms with Crippen molar-refractivity contribution in [1.82, 2.24) is 4.98 Å². The average Bonchev–Trinajstić information content (AvgIpc) is 2.30. The summed E-state index contributed by atoms with van der Waals surface area (Å²) in [6.07, 6.45) is 0. The lowest BCUT2D eigenvalue weighted by molar-refractivity contribution is 0.0690. The Balaban J connectivity index is 2.66. The number of nitrogens with two attached hydrogens (primary N) is 1. The normalized spacial score (nSPS) is 12.1. The molecule has 6 nitrogen and oxygen atoms in total. The maximum atomic E-state index is 11.2. The largest absolute Gasteiger partial charge is 0.477 e. The molecule has 4 N–H and O–H groups in total. The summed E-state index contributed by atoms with van der Waals surface area (Å²) >= 11 is 0. The lowest BCUT2D eigenvalue weighted by atomic mass is 10.3. The molecule has 0 aliphatic carbocycles. The summed E-state index contributed by atoms with van der Waals surface area (Å²) in [6.45, 7) is 2.29. The van der Waals surface area contributed by atoms with E-state index in [0.717, 1.165) is 0 Å². The Morgan fingerprint density at radius 1 is 1.59 bits per heavy atom. The standard InChI is InChI=1S/C10H15N3O3S/c1-2-17(16)6-5-12-9-7(11)3-4-8(13-9)10(14)15/h3-4H,2,5-6,11H2,1H3,(H,12,13)(H,14,15). The number of nitrogen functional groups attached to an aromatic ring is 1. The molecule has 1 atom stereocenters. The number of nitrogens with one attached hydrogen (secondary N) is 1. The topological polar surface area (TPSA) is 105 Å². The van der Waals surface area contributed by atoms with Gasteiger partial charge in [-0.05, 0) is 12.1 Å². The van der Waals surface area contributed by atoms with E-state index in [0.29, 0.717) is 29.6 Å². The third kappa shape index (κ3) is 4.03. The molecule has 0 radical (unpaired) electrons. The van der Waals surface area contributed by atoms with E-state index in [1.165, 1.54) is 12.1 Å². The minimum atomic E-state index is -1.11. The van der Waals surface area contributed by atoms with Gasteiger partial charge in [0.25, 0.3) is 0 Å². The van der Waals surface area contributed by atoms with E-state index in [4.69, 9.17) is 10.8 Å². The summed E-state index contributed by atoms with van der Waals surface area (Å²) in [5, 5.41) is 11.7. The number of carboxylic acid groups (broad SMARTS) is 1. The first kappa shape index (κ1) is 13.4. The van der Waals surface area contributed by atoms with Gasteiger partial charge in [-0.15, -0.1) is 0 Å². The van der Waals surface area contributed by atoms with E-state index in [-0.39, 0.29) is 5.69 Å². The van der Waals surface area contributed by atoms with E-state index in [1.54, 1.807) is 0 Å². The van der Waals surface area contributed by atoms with E-state index in [2.05, 4.69) is 10.3 Å². The molecule has 1 aromatic heterocycles. The lowest BCUT2D eigenvalue weighted by Gasteiger charge is -2.08. The Hall–Kier alpha value is -1.63. The number of rotatable bonds is 6. The van der Waals surface area contributed by atoms with Crippen LogP contribution in [0.25, 0.3) is 0 Å². The molecule has 17 heavy (non-hydrogen) atoms. The molecule has 1 unspecified atom stereocenters. The SMILES string of the molecule is CCS(=O)CCNc1nc(C(=O)O)ccc1N. The van der Waals surface area contributed by atoms with Crippen LogP contribution in [0.3, 0.4) is 0 Å². The lowest BCUT2D eigenvalue weighted by Crippen LogP contribution is -2.15. The van der Waals surface area contributed by atoms with Gasteiger partial charge < -0.3 is 16.2 Å². The fraction of sp³-hybridized carbons (Fsp3) is 0.400. The summed E-state index contributed by atoms with van der Waals surface area (Å²) in [4.78, 5) is 14.6. The van der Waals surface area contributed by atoms with Gasteiger partial charge in [-0.1, -0.05) is 6.92 Å². The molecule has 94 valence electrons. The number of pyridine rings is 1. The van der Waals surface area contributed by atoms with Gasteiger partial charge in [0.15, 0.2) is 5.69 Å². The Kier molecular flexibility index (Phi) is 4.89. The zero-order chi connectivity index (χ0) is 12.8. The third-order valence-electron chi connectivity index (χ3n) is 2.09. The number of hydrogen-bond donors (Lipinski definition) is 3. The molecular formula is C10H15N3O3S. The summed E-state index contributed by atoms with van der Waals surface area (Å²) in [7, 11) is -0.869. The molecule has 1 heterocycles. The number of nitrogens with zero attached hydrogens (tertiary/aromatic N) is 1. The highest BCUT2D eigenvalue weighted by molar-refractivity contribution is 7.84. The van der Waals surface area contributed by atoms with E-state index >= 15 is 0 Å². The molecule has 0 bridgehead atoms. The van der Waals surface area contributed by atoms with Crippen molar-refractivity contribution in [2.45, 2.75) is 6.92 Å². The Morgan fingerprint density at radius 2 is 2.29 bits per heavy atom. The van der Waals surface area contributed by atoms with E-state index < -0.39 is 16.8 Å². The van der Waals surface area contributed by atoms with Crippen LogP contribution in [0.15, 0.2) is 12.1 Å². The van der Waals surface area contributed by atoms with Gasteiger partial charge in [-0.25, -0.2) is 9.78 Å². The van der Waals surface area contributed by atoms with Crippen molar-refractivity contribution in [1.29, 1.82) is 0 Å². The predicted molar refractivity (Wildman–Crippen MR) is 67.6 cm³/mol. The van der Waals surface area contributed by atoms with Crippen molar-refractivity contribution in [3.05, 3.63) is 17.8 Å². The molecule has 0 aliphatic heterocycles. The van der Waals surface area contributed by atoms with Crippen LogP contribution < -0.4 is 11.1 Å². The molecule has 1 aromatic rings. The highest BCUT2D eigenvalue weighted by atomic mass is 32.2. The van der Waals surface area contributed by atoms with Crippen LogP contribution in [-0.2, 0) is 10.8 Å². The van der Waals surface area contributed by atoms with Crippen molar-refractivity contribution in [3.63, 3.8) is 0 Å². The smallest absolute Gasteiger partial charge is 0.354 e. The second-order valence-electron chi connectivity index (χ2n) is 3.30. The molecule has 0 amide bonds. The van der Waals surface area contributed by atoms with Crippen LogP contribution in [0.1, 0.15) is 17.4 Å². The van der Waals surface area contributed by atoms with Crippen molar-refractivity contribution in [2.75, 3.05) is 29.1 Å². The number of carboxylic acids is 1. The molecule has 0 fully saturated rings. The molecule has 0 aromatic carbocycles. The summed E-state index contributed by atoms with van der Waals surface area (Å²) in [5.74, 6) is 0.289. The number of hydrogen-bond acceptors (Lipinski definition) is 5. The number of anilines is 2. The maximum Gasteiger partial charge on any atom is 0.354 e. The highest BCUT2D eigenvalue weighted by Gasteiger charge is 2.08. The van der Waals surface area contributed by atoms with Crippen molar-refractivity contribution >= 4 is 28.3 Å². The van der Waals surface area contributed by atoms with Crippen molar-refractivity contribution in [2.24, 2.45) is 0 Å². The minimum absolute atomic E-state index is 0.0710. The fourth-order valence-electron chi connectivity index (χ4n) is 1.16. The van der Waals surface area contributed by atoms with Crippen molar-refractivity contribution < 1.29 is 14.1 Å². The highest BCUT2D eigenvalue weighted by Crippen LogP contribution is 2.15. The molecule has 0 saturated heterocycles. The van der Waals surface area contributed by atoms with Crippen LogP contribution in [0.2, 0.25) is 0 Å². The monoisotopic (exact) mass is 257 g/mol. The Bertz CT molecular complexity index is 437. The van der Waals surface area contributed by atoms with Crippen LogP contribution >= 0.6 is 0 Å². The molecule has 0 spiro atoms. The first-order valence-corrected chi connectivity index (χ1v) is 6.62. The van der Waals surface area contributed by atoms with E-state index in [1.807, 2.05) is 6.92 Å². The first-order chi connectivity index (χ1) is 8.04. The summed E-state index contributed by atoms with van der Waals surface area (Å²) in [6, 6.07) is 2.82. The molecule has 1 rings (SSSR count). The number of aromatic nitrogens is 1. The molecule has 0 aliphatic rings. The van der Waals surface area contributed by atoms with Crippen molar-refractivity contribution in [3.8, 4) is 0 Å². The van der Waals surface area contributed by atoms with Gasteiger partial charge in [-0.2, -0.15) is 0 Å². The average molecular weight is 257 g/mol. The zero-order valence-electron chi connectivity index (χ0n) is 9.47. The van der Waals surface area contributed by atoms with Crippen LogP contribution in [0.4, 0.5) is 11.5 Å². The van der Waals surface area contributed by atoms with Gasteiger partial charge in [0.2, 0.25) is 0 Å². The van der Waals surface area contributed by atoms with Crippen LogP contribution in [-0.4, -0.2) is 38.3 Å². The minimum Gasteiger partial charge on any atom is -0.477 e. The van der Waals surface area contributed by atoms with Gasteiger partial charge in [0.1, 0.15) is 5.82 Å². The Labute approximate surface area is 102 Å².